The van der Waals surface area contributed by atoms with Crippen molar-refractivity contribution in [1.82, 2.24) is 30.0 Å². The molecule has 0 bridgehead atoms. The number of likely N-dealkylation sites (N-methyl/N-ethyl adjacent to an activating group) is 1. The van der Waals surface area contributed by atoms with E-state index in [1.54, 1.807) is 6.20 Å². The van der Waals surface area contributed by atoms with Crippen LogP contribution in [0.25, 0.3) is 22.0 Å². The summed E-state index contributed by atoms with van der Waals surface area (Å²) in [6.45, 7) is 5.06. The molecule has 1 aromatic carbocycles. The first kappa shape index (κ1) is 23.6. The molecular weight excluding hydrogens is 464 g/mol. The molecule has 1 amide bonds. The zero-order chi connectivity index (χ0) is 25.2. The molecular formula is C28H32N8O. The summed E-state index contributed by atoms with van der Waals surface area (Å²) in [4.78, 5) is 26.9. The molecule has 9 heteroatoms. The Kier molecular flexibility index (Phi) is 6.55. The first-order valence-electron chi connectivity index (χ1n) is 13.0. The van der Waals surface area contributed by atoms with E-state index in [4.69, 9.17) is 0 Å². The number of piperazine rings is 1. The number of nitrogens with zero attached hydrogens (tertiary/aromatic N) is 5. The Bertz CT molecular complexity index is 1390. The van der Waals surface area contributed by atoms with Crippen LogP contribution in [-0.4, -0.2) is 75.1 Å². The van der Waals surface area contributed by atoms with E-state index < -0.39 is 0 Å². The second kappa shape index (κ2) is 10.3. The highest BCUT2D eigenvalue weighted by Gasteiger charge is 2.19. The quantitative estimate of drug-likeness (QED) is 0.356. The summed E-state index contributed by atoms with van der Waals surface area (Å²) >= 11 is 0. The summed E-state index contributed by atoms with van der Waals surface area (Å²) in [6, 6.07) is 12.5. The lowest BCUT2D eigenvalue weighted by molar-refractivity contribution is 0.102. The van der Waals surface area contributed by atoms with Crippen molar-refractivity contribution in [3.05, 3.63) is 66.4 Å². The lowest BCUT2D eigenvalue weighted by Crippen LogP contribution is -2.43. The molecule has 0 atom stereocenters. The molecule has 9 nitrogen and oxygen atoms in total. The molecule has 2 fully saturated rings. The molecule has 3 aromatic heterocycles. The number of pyridine rings is 2. The lowest BCUT2D eigenvalue weighted by atomic mass is 9.93. The van der Waals surface area contributed by atoms with Crippen LogP contribution in [0, 0.1) is 0 Å². The van der Waals surface area contributed by atoms with Gasteiger partial charge in [-0.05, 0) is 62.2 Å². The molecule has 4 heterocycles. The van der Waals surface area contributed by atoms with Crippen LogP contribution < -0.4 is 10.6 Å². The number of nitrogens with one attached hydrogen (secondary N) is 3. The number of hydrogen-bond acceptors (Lipinski definition) is 7. The topological polar surface area (TPSA) is 102 Å². The van der Waals surface area contributed by atoms with Crippen molar-refractivity contribution in [2.24, 2.45) is 0 Å². The maximum Gasteiger partial charge on any atom is 0.276 e. The van der Waals surface area contributed by atoms with Crippen molar-refractivity contribution >= 4 is 28.2 Å². The molecule has 1 saturated carbocycles. The monoisotopic (exact) mass is 496 g/mol. The maximum atomic E-state index is 13.1. The lowest BCUT2D eigenvalue weighted by Gasteiger charge is -2.32. The number of aromatic amines is 1. The molecule has 1 aliphatic heterocycles. The van der Waals surface area contributed by atoms with Crippen LogP contribution >= 0.6 is 0 Å². The highest BCUT2D eigenvalue weighted by molar-refractivity contribution is 6.11. The second-order valence-electron chi connectivity index (χ2n) is 10.1. The smallest absolute Gasteiger partial charge is 0.276 e. The van der Waals surface area contributed by atoms with Gasteiger partial charge in [0.1, 0.15) is 0 Å². The largest absolute Gasteiger partial charge is 0.381 e. The minimum Gasteiger partial charge on any atom is -0.381 e. The van der Waals surface area contributed by atoms with Crippen molar-refractivity contribution in [1.29, 1.82) is 0 Å². The molecule has 1 saturated heterocycles. The molecule has 4 aromatic rings. The van der Waals surface area contributed by atoms with Gasteiger partial charge in [0, 0.05) is 62.1 Å². The molecule has 0 radical (unpaired) electrons. The van der Waals surface area contributed by atoms with Gasteiger partial charge in [0.25, 0.3) is 5.91 Å². The molecule has 0 unspecified atom stereocenters. The van der Waals surface area contributed by atoms with Gasteiger partial charge >= 0.3 is 0 Å². The fourth-order valence-corrected chi connectivity index (χ4v) is 4.85. The predicted molar refractivity (Wildman–Crippen MR) is 146 cm³/mol. The molecule has 3 N–H and O–H groups in total. The average molecular weight is 497 g/mol. The van der Waals surface area contributed by atoms with Crippen molar-refractivity contribution in [3.8, 4) is 11.1 Å². The van der Waals surface area contributed by atoms with Crippen LogP contribution in [0.3, 0.4) is 0 Å². The van der Waals surface area contributed by atoms with E-state index >= 15 is 0 Å². The highest BCUT2D eigenvalue weighted by Crippen LogP contribution is 2.29. The van der Waals surface area contributed by atoms with E-state index in [1.165, 1.54) is 19.3 Å². The normalized spacial score (nSPS) is 17.0. The number of aromatic nitrogens is 4. The fourth-order valence-electron chi connectivity index (χ4n) is 4.85. The van der Waals surface area contributed by atoms with E-state index in [-0.39, 0.29) is 5.91 Å². The van der Waals surface area contributed by atoms with Gasteiger partial charge in [0.15, 0.2) is 5.69 Å². The number of carbonyl (C=O) groups excluding carboxylic acids is 1. The van der Waals surface area contributed by atoms with Gasteiger partial charge in [-0.15, -0.1) is 0 Å². The molecule has 190 valence electrons. The van der Waals surface area contributed by atoms with Gasteiger partial charge in [0.05, 0.1) is 28.8 Å². The number of fused-ring (bicyclic) bond motifs is 1. The van der Waals surface area contributed by atoms with E-state index in [0.29, 0.717) is 17.4 Å². The third-order valence-corrected chi connectivity index (χ3v) is 7.39. The van der Waals surface area contributed by atoms with Crippen LogP contribution in [0.15, 0.2) is 55.0 Å². The highest BCUT2D eigenvalue weighted by atomic mass is 16.1. The first-order valence-corrected chi connectivity index (χ1v) is 13.0. The van der Waals surface area contributed by atoms with E-state index in [1.807, 2.05) is 42.7 Å². The molecule has 1 aliphatic carbocycles. The summed E-state index contributed by atoms with van der Waals surface area (Å²) in [7, 11) is 2.15. The van der Waals surface area contributed by atoms with Gasteiger partial charge in [-0.1, -0.05) is 6.07 Å². The summed E-state index contributed by atoms with van der Waals surface area (Å²) in [5, 5.41) is 14.6. The standard InChI is InChI=1S/C28H32N8O/c1-35-9-11-36(12-10-35)18-23-7-6-22(17-30-23)32-28(37)27-25-14-19(5-8-26(25)33-34-27)20-13-24(16-29-15-20)31-21-3-2-4-21/h5-8,13-17,21,31H,2-4,9-12,18H2,1H3,(H,32,37)(H,33,34). The molecule has 37 heavy (non-hydrogen) atoms. The minimum atomic E-state index is -0.268. The third-order valence-electron chi connectivity index (χ3n) is 7.39. The Morgan fingerprint density at radius 3 is 2.62 bits per heavy atom. The number of amides is 1. The number of rotatable bonds is 7. The van der Waals surface area contributed by atoms with E-state index in [9.17, 15) is 4.79 Å². The van der Waals surface area contributed by atoms with Gasteiger partial charge in [-0.25, -0.2) is 0 Å². The van der Waals surface area contributed by atoms with Gasteiger partial charge in [-0.2, -0.15) is 5.10 Å². The van der Waals surface area contributed by atoms with E-state index in [0.717, 1.165) is 66.1 Å². The zero-order valence-electron chi connectivity index (χ0n) is 21.1. The maximum absolute atomic E-state index is 13.1. The number of carbonyl (C=O) groups is 1. The Morgan fingerprint density at radius 1 is 1.00 bits per heavy atom. The molecule has 6 rings (SSSR count). The van der Waals surface area contributed by atoms with Gasteiger partial charge < -0.3 is 15.5 Å². The van der Waals surface area contributed by atoms with Gasteiger partial charge in [0.2, 0.25) is 0 Å². The van der Waals surface area contributed by atoms with Crippen molar-refractivity contribution < 1.29 is 4.79 Å². The van der Waals surface area contributed by atoms with Crippen molar-refractivity contribution in [2.75, 3.05) is 43.9 Å². The summed E-state index contributed by atoms with van der Waals surface area (Å²) in [6.07, 6.45) is 9.12. The van der Waals surface area contributed by atoms with E-state index in [2.05, 4.69) is 53.7 Å². The number of anilines is 2. The second-order valence-corrected chi connectivity index (χ2v) is 10.1. The molecule has 0 spiro atoms. The van der Waals surface area contributed by atoms with Crippen LogP contribution in [0.4, 0.5) is 11.4 Å². The Labute approximate surface area is 216 Å². The van der Waals surface area contributed by atoms with Crippen LogP contribution in [0.1, 0.15) is 35.4 Å². The van der Waals surface area contributed by atoms with Gasteiger partial charge in [-0.3, -0.25) is 24.8 Å². The fraction of sp³-hybridized carbons (Fsp3) is 0.357. The SMILES string of the molecule is CN1CCN(Cc2ccc(NC(=O)c3n[nH]c4ccc(-c5cncc(NC6CCC6)c5)cc34)cn2)CC1. The summed E-state index contributed by atoms with van der Waals surface area (Å²) < 4.78 is 0. The third kappa shape index (κ3) is 5.33. The Balaban J connectivity index is 1.15. The van der Waals surface area contributed by atoms with Crippen molar-refractivity contribution in [3.63, 3.8) is 0 Å². The summed E-state index contributed by atoms with van der Waals surface area (Å²) in [5.41, 5.74) is 5.83. The van der Waals surface area contributed by atoms with Crippen LogP contribution in [0.2, 0.25) is 0 Å². The first-order chi connectivity index (χ1) is 18.1. The Morgan fingerprint density at radius 2 is 1.86 bits per heavy atom. The minimum absolute atomic E-state index is 0.268. The van der Waals surface area contributed by atoms with Crippen molar-refractivity contribution in [2.45, 2.75) is 31.8 Å². The Hall–Kier alpha value is -3.82. The zero-order valence-corrected chi connectivity index (χ0v) is 21.1. The summed E-state index contributed by atoms with van der Waals surface area (Å²) in [5.74, 6) is -0.268. The number of H-pyrrole nitrogens is 1. The number of benzene rings is 1. The average Bonchev–Trinajstić information content (AvgIpc) is 3.32. The predicted octanol–water partition coefficient (Wildman–Crippen LogP) is 3.98. The molecule has 2 aliphatic rings. The van der Waals surface area contributed by atoms with Crippen LogP contribution in [0.5, 0.6) is 0 Å². The van der Waals surface area contributed by atoms with Crippen LogP contribution in [-0.2, 0) is 6.54 Å². The number of hydrogen-bond donors (Lipinski definition) is 3.